The van der Waals surface area contributed by atoms with Gasteiger partial charge < -0.3 is 21.5 Å². The maximum absolute atomic E-state index is 2.75. The normalized spacial score (nSPS) is 10.7. The Morgan fingerprint density at radius 2 is 0.783 bits per heavy atom. The number of hydrogen-bond acceptors (Lipinski definition) is 0. The van der Waals surface area contributed by atoms with E-state index < -0.39 is 0 Å². The van der Waals surface area contributed by atoms with Gasteiger partial charge in [0.25, 0.3) is 0 Å². The Morgan fingerprint density at radius 1 is 0.522 bits per heavy atom. The molecule has 0 aliphatic heterocycles. The van der Waals surface area contributed by atoms with Gasteiger partial charge in [-0.05, 0) is 12.8 Å². The SMILES string of the molecule is BrBr.CCCCCCCCCCCCCCCC[N+](C)(C)C.[Br-]. The van der Waals surface area contributed by atoms with Gasteiger partial charge in [-0.15, -0.1) is 0 Å². The van der Waals surface area contributed by atoms with E-state index in [2.05, 4.69) is 56.3 Å². The summed E-state index contributed by atoms with van der Waals surface area (Å²) in [4.78, 5) is 0. The van der Waals surface area contributed by atoms with Gasteiger partial charge in [0.15, 0.2) is 0 Å². The number of rotatable bonds is 15. The fourth-order valence-corrected chi connectivity index (χ4v) is 2.78. The molecule has 0 aliphatic rings. The van der Waals surface area contributed by atoms with Crippen LogP contribution in [0.25, 0.3) is 0 Å². The predicted molar refractivity (Wildman–Crippen MR) is 111 cm³/mol. The van der Waals surface area contributed by atoms with Crippen molar-refractivity contribution in [1.29, 1.82) is 0 Å². The lowest BCUT2D eigenvalue weighted by Crippen LogP contribution is -3.00. The van der Waals surface area contributed by atoms with Gasteiger partial charge >= 0.3 is 0 Å². The molecule has 0 saturated heterocycles. The standard InChI is InChI=1S/C19H42N.Br2.BrH/c1-5-6-7-8-9-10-11-12-13-14-15-16-17-18-19-20(2,3)4;1-2;/h5-19H2,1-4H3;;1H/q+1;;/p-1. The van der Waals surface area contributed by atoms with Crippen LogP contribution >= 0.6 is 28.3 Å². The van der Waals surface area contributed by atoms with E-state index in [0.29, 0.717) is 0 Å². The Kier molecular flexibility index (Phi) is 29.7. The highest BCUT2D eigenvalue weighted by molar-refractivity contribution is 9.93. The van der Waals surface area contributed by atoms with Crippen LogP contribution in [-0.4, -0.2) is 32.2 Å². The molecule has 144 valence electrons. The van der Waals surface area contributed by atoms with Crippen molar-refractivity contribution in [1.82, 2.24) is 0 Å². The monoisotopic (exact) mass is 521 g/mol. The lowest BCUT2D eigenvalue weighted by molar-refractivity contribution is -0.870. The summed E-state index contributed by atoms with van der Waals surface area (Å²) in [5.41, 5.74) is 0. The van der Waals surface area contributed by atoms with Gasteiger partial charge in [-0.2, -0.15) is 0 Å². The molecular formula is C19H42Br3N. The second kappa shape index (κ2) is 23.4. The van der Waals surface area contributed by atoms with Crippen molar-refractivity contribution in [2.75, 3.05) is 27.7 Å². The fourth-order valence-electron chi connectivity index (χ4n) is 2.78. The molecule has 0 bridgehead atoms. The van der Waals surface area contributed by atoms with Crippen LogP contribution < -0.4 is 17.0 Å². The molecule has 23 heavy (non-hydrogen) atoms. The van der Waals surface area contributed by atoms with Crippen LogP contribution in [-0.2, 0) is 0 Å². The molecule has 4 heteroatoms. The third-order valence-electron chi connectivity index (χ3n) is 4.18. The summed E-state index contributed by atoms with van der Waals surface area (Å²) in [6.07, 6.45) is 20.4. The van der Waals surface area contributed by atoms with Gasteiger partial charge in [0, 0.05) is 28.3 Å². The highest BCUT2D eigenvalue weighted by Gasteiger charge is 2.04. The summed E-state index contributed by atoms with van der Waals surface area (Å²) in [5, 5.41) is 0. The van der Waals surface area contributed by atoms with E-state index in [1.807, 2.05) is 0 Å². The number of quaternary nitrogens is 1. The predicted octanol–water partition coefficient (Wildman–Crippen LogP) is 4.87. The molecule has 0 aromatic carbocycles. The lowest BCUT2D eigenvalue weighted by Gasteiger charge is -2.23. The first-order chi connectivity index (χ1) is 10.6. The van der Waals surface area contributed by atoms with E-state index in [0.717, 1.165) is 4.48 Å². The van der Waals surface area contributed by atoms with Crippen LogP contribution in [0.5, 0.6) is 0 Å². The first-order valence-corrected chi connectivity index (χ1v) is 13.2. The molecular weight excluding hydrogens is 482 g/mol. The Morgan fingerprint density at radius 3 is 1.04 bits per heavy atom. The van der Waals surface area contributed by atoms with Crippen molar-refractivity contribution >= 4 is 28.3 Å². The third kappa shape index (κ3) is 31.7. The summed E-state index contributed by atoms with van der Waals surface area (Å²) in [6.45, 7) is 3.63. The van der Waals surface area contributed by atoms with Gasteiger partial charge in [-0.3, -0.25) is 0 Å². The van der Waals surface area contributed by atoms with E-state index in [4.69, 9.17) is 0 Å². The molecule has 0 radical (unpaired) electrons. The Labute approximate surface area is 173 Å². The van der Waals surface area contributed by atoms with E-state index in [-0.39, 0.29) is 17.0 Å². The van der Waals surface area contributed by atoms with Gasteiger partial charge in [0.2, 0.25) is 0 Å². The highest BCUT2D eigenvalue weighted by atomic mass is 80.9. The lowest BCUT2D eigenvalue weighted by atomic mass is 10.0. The van der Waals surface area contributed by atoms with Crippen LogP contribution in [0.15, 0.2) is 0 Å². The van der Waals surface area contributed by atoms with E-state index in [9.17, 15) is 0 Å². The van der Waals surface area contributed by atoms with Crippen molar-refractivity contribution in [2.24, 2.45) is 0 Å². The number of nitrogens with zero attached hydrogens (tertiary/aromatic N) is 1. The molecule has 1 nitrogen and oxygen atoms in total. The number of hydrogen-bond donors (Lipinski definition) is 0. The van der Waals surface area contributed by atoms with Crippen molar-refractivity contribution < 1.29 is 21.5 Å². The number of halogens is 3. The Bertz CT molecular complexity index is 194. The number of unbranched alkanes of at least 4 members (excludes halogenated alkanes) is 13. The first kappa shape index (κ1) is 29.2. The fraction of sp³-hybridized carbons (Fsp3) is 1.00. The maximum Gasteiger partial charge on any atom is 0.0780 e. The zero-order chi connectivity index (χ0) is 17.1. The Hall–Kier alpha value is 1.40. The van der Waals surface area contributed by atoms with Crippen molar-refractivity contribution in [3.63, 3.8) is 0 Å². The van der Waals surface area contributed by atoms with Gasteiger partial charge in [-0.1, -0.05) is 84.0 Å². The largest absolute Gasteiger partial charge is 1.00 e. The molecule has 0 fully saturated rings. The first-order valence-electron chi connectivity index (χ1n) is 9.51. The molecule has 0 unspecified atom stereocenters. The van der Waals surface area contributed by atoms with E-state index in [1.54, 1.807) is 0 Å². The van der Waals surface area contributed by atoms with Crippen molar-refractivity contribution in [3.8, 4) is 0 Å². The van der Waals surface area contributed by atoms with Crippen molar-refractivity contribution in [2.45, 2.75) is 96.8 Å². The highest BCUT2D eigenvalue weighted by Crippen LogP contribution is 2.13. The molecule has 0 N–H and O–H groups in total. The summed E-state index contributed by atoms with van der Waals surface area (Å²) >= 11 is 5.50. The molecule has 0 amide bonds. The summed E-state index contributed by atoms with van der Waals surface area (Å²) in [6, 6.07) is 0. The molecule has 0 aliphatic carbocycles. The quantitative estimate of drug-likeness (QED) is 0.212. The molecule has 0 saturated carbocycles. The second-order valence-corrected chi connectivity index (χ2v) is 7.61. The minimum absolute atomic E-state index is 0. The van der Waals surface area contributed by atoms with Gasteiger partial charge in [0.1, 0.15) is 0 Å². The van der Waals surface area contributed by atoms with E-state index >= 15 is 0 Å². The summed E-state index contributed by atoms with van der Waals surface area (Å²) in [5.74, 6) is 0. The summed E-state index contributed by atoms with van der Waals surface area (Å²) in [7, 11) is 6.88. The van der Waals surface area contributed by atoms with Crippen molar-refractivity contribution in [3.05, 3.63) is 0 Å². The minimum atomic E-state index is 0. The maximum atomic E-state index is 2.75. The molecule has 0 aromatic heterocycles. The zero-order valence-corrected chi connectivity index (χ0v) is 20.9. The molecule has 0 aromatic rings. The molecule has 0 rings (SSSR count). The van der Waals surface area contributed by atoms with Crippen LogP contribution in [0, 0.1) is 0 Å². The molecule has 0 spiro atoms. The Balaban J connectivity index is -0.00000128. The second-order valence-electron chi connectivity index (χ2n) is 7.61. The average molecular weight is 524 g/mol. The average Bonchev–Trinajstić information content (AvgIpc) is 2.48. The molecule has 0 atom stereocenters. The minimum Gasteiger partial charge on any atom is -1.00 e. The topological polar surface area (TPSA) is 0 Å². The zero-order valence-electron chi connectivity index (χ0n) is 16.2. The van der Waals surface area contributed by atoms with Crippen LogP contribution in [0.4, 0.5) is 0 Å². The third-order valence-corrected chi connectivity index (χ3v) is 4.18. The van der Waals surface area contributed by atoms with Gasteiger partial charge in [0.05, 0.1) is 27.7 Å². The summed E-state index contributed by atoms with van der Waals surface area (Å²) < 4.78 is 1.12. The molecule has 0 heterocycles. The smallest absolute Gasteiger partial charge is 0.0780 e. The van der Waals surface area contributed by atoms with Crippen LogP contribution in [0.1, 0.15) is 96.8 Å². The van der Waals surface area contributed by atoms with Gasteiger partial charge in [-0.25, -0.2) is 0 Å². The van der Waals surface area contributed by atoms with Crippen LogP contribution in [0.2, 0.25) is 0 Å². The van der Waals surface area contributed by atoms with Crippen LogP contribution in [0.3, 0.4) is 0 Å². The van der Waals surface area contributed by atoms with E-state index in [1.165, 1.54) is 96.4 Å².